The fourth-order valence-corrected chi connectivity index (χ4v) is 5.80. The van der Waals surface area contributed by atoms with E-state index in [4.69, 9.17) is 0 Å². The van der Waals surface area contributed by atoms with E-state index in [1.807, 2.05) is 11.3 Å². The lowest BCUT2D eigenvalue weighted by atomic mass is 10.0. The van der Waals surface area contributed by atoms with Gasteiger partial charge in [0.2, 0.25) is 0 Å². The Balaban J connectivity index is 1.31. The highest BCUT2D eigenvalue weighted by Crippen LogP contribution is 2.73. The molecule has 1 aromatic heterocycles. The smallest absolute Gasteiger partial charge is 0.121 e. The maximum atomic E-state index is 4.51. The second-order valence-corrected chi connectivity index (χ2v) is 8.49. The summed E-state index contributed by atoms with van der Waals surface area (Å²) in [6.07, 6.45) is 5.55. The van der Waals surface area contributed by atoms with Gasteiger partial charge in [-0.3, -0.25) is 0 Å². The molecule has 4 rings (SSSR count). The Kier molecular flexibility index (Phi) is 3.34. The average molecular weight is 291 g/mol. The third-order valence-electron chi connectivity index (χ3n) is 5.57. The Morgan fingerprint density at radius 2 is 1.95 bits per heavy atom. The van der Waals surface area contributed by atoms with E-state index in [2.05, 4.69) is 29.4 Å². The van der Waals surface area contributed by atoms with E-state index in [1.54, 1.807) is 0 Å². The molecule has 3 nitrogen and oxygen atoms in total. The summed E-state index contributed by atoms with van der Waals surface area (Å²) in [6.45, 7) is 6.63. The van der Waals surface area contributed by atoms with Crippen LogP contribution in [0, 0.1) is 29.6 Å². The molecule has 0 aromatic carbocycles. The lowest BCUT2D eigenvalue weighted by Gasteiger charge is -2.05. The SMILES string of the molecule is CC(C)CNCCc1nnc(C2C3C4CCC(C4)C23)s1. The number of hydrogen-bond acceptors (Lipinski definition) is 4. The number of rotatable bonds is 6. The van der Waals surface area contributed by atoms with Crippen LogP contribution in [0.25, 0.3) is 0 Å². The molecule has 1 heterocycles. The first-order chi connectivity index (χ1) is 9.74. The van der Waals surface area contributed by atoms with Crippen molar-refractivity contribution < 1.29 is 0 Å². The summed E-state index contributed by atoms with van der Waals surface area (Å²) in [6, 6.07) is 0. The van der Waals surface area contributed by atoms with E-state index in [0.29, 0.717) is 0 Å². The Morgan fingerprint density at radius 1 is 1.20 bits per heavy atom. The van der Waals surface area contributed by atoms with Crippen LogP contribution in [0.3, 0.4) is 0 Å². The van der Waals surface area contributed by atoms with Crippen LogP contribution in [0.2, 0.25) is 0 Å². The van der Waals surface area contributed by atoms with Gasteiger partial charge in [-0.15, -0.1) is 21.5 Å². The molecule has 2 bridgehead atoms. The van der Waals surface area contributed by atoms with Crippen molar-refractivity contribution in [1.82, 2.24) is 15.5 Å². The van der Waals surface area contributed by atoms with Gasteiger partial charge in [0.25, 0.3) is 0 Å². The molecule has 3 aliphatic rings. The van der Waals surface area contributed by atoms with Gasteiger partial charge in [0.05, 0.1) is 0 Å². The van der Waals surface area contributed by atoms with Crippen molar-refractivity contribution in [3.05, 3.63) is 10.0 Å². The van der Waals surface area contributed by atoms with Crippen LogP contribution < -0.4 is 5.32 Å². The van der Waals surface area contributed by atoms with Crippen molar-refractivity contribution >= 4 is 11.3 Å². The monoisotopic (exact) mass is 291 g/mol. The average Bonchev–Trinajstić information content (AvgIpc) is 2.84. The number of aromatic nitrogens is 2. The quantitative estimate of drug-likeness (QED) is 0.819. The predicted octanol–water partition coefficient (Wildman–Crippen LogP) is 3.09. The van der Waals surface area contributed by atoms with Crippen LogP contribution in [0.4, 0.5) is 0 Å². The second-order valence-electron chi connectivity index (χ2n) is 7.40. The molecule has 3 saturated carbocycles. The Morgan fingerprint density at radius 3 is 2.65 bits per heavy atom. The van der Waals surface area contributed by atoms with Gasteiger partial charge in [-0.1, -0.05) is 13.8 Å². The van der Waals surface area contributed by atoms with Gasteiger partial charge in [-0.2, -0.15) is 0 Å². The fourth-order valence-electron chi connectivity index (χ4n) is 4.74. The lowest BCUT2D eigenvalue weighted by molar-refractivity contribution is 0.456. The first-order valence-corrected chi connectivity index (χ1v) is 9.08. The van der Waals surface area contributed by atoms with Crippen molar-refractivity contribution in [3.8, 4) is 0 Å². The first-order valence-electron chi connectivity index (χ1n) is 8.27. The van der Waals surface area contributed by atoms with Crippen molar-refractivity contribution in [3.63, 3.8) is 0 Å². The molecular weight excluding hydrogens is 266 g/mol. The van der Waals surface area contributed by atoms with Crippen molar-refractivity contribution in [2.75, 3.05) is 13.1 Å². The Labute approximate surface area is 125 Å². The standard InChI is InChI=1S/C16H25N3S/c1-9(2)8-17-6-5-12-18-19-16(20-12)15-13-10-3-4-11(7-10)14(13)15/h9-11,13-15,17H,3-8H2,1-2H3. The van der Waals surface area contributed by atoms with Gasteiger partial charge in [0.1, 0.15) is 10.0 Å². The number of nitrogens with zero attached hydrogens (tertiary/aromatic N) is 2. The van der Waals surface area contributed by atoms with Crippen LogP contribution in [-0.2, 0) is 6.42 Å². The summed E-state index contributed by atoms with van der Waals surface area (Å²) in [5.74, 6) is 5.59. The normalized spacial score (nSPS) is 37.6. The first kappa shape index (κ1) is 13.2. The van der Waals surface area contributed by atoms with Crippen LogP contribution in [-0.4, -0.2) is 23.3 Å². The van der Waals surface area contributed by atoms with Crippen molar-refractivity contribution in [2.45, 2.75) is 45.4 Å². The summed E-state index contributed by atoms with van der Waals surface area (Å²) in [5, 5.41) is 15.0. The predicted molar refractivity (Wildman–Crippen MR) is 81.9 cm³/mol. The summed E-state index contributed by atoms with van der Waals surface area (Å²) < 4.78 is 0. The van der Waals surface area contributed by atoms with Gasteiger partial charge < -0.3 is 5.32 Å². The molecule has 0 aliphatic heterocycles. The molecule has 3 fully saturated rings. The molecule has 0 radical (unpaired) electrons. The van der Waals surface area contributed by atoms with Gasteiger partial charge in [0.15, 0.2) is 0 Å². The molecule has 0 amide bonds. The van der Waals surface area contributed by atoms with Gasteiger partial charge in [0, 0.05) is 18.9 Å². The van der Waals surface area contributed by atoms with Crippen LogP contribution >= 0.6 is 11.3 Å². The molecule has 3 aliphatic carbocycles. The summed E-state index contributed by atoms with van der Waals surface area (Å²) in [7, 11) is 0. The summed E-state index contributed by atoms with van der Waals surface area (Å²) in [4.78, 5) is 0. The number of hydrogen-bond donors (Lipinski definition) is 1. The summed E-state index contributed by atoms with van der Waals surface area (Å²) >= 11 is 1.89. The molecule has 110 valence electrons. The van der Waals surface area contributed by atoms with E-state index < -0.39 is 0 Å². The topological polar surface area (TPSA) is 37.8 Å². The molecule has 1 N–H and O–H groups in total. The lowest BCUT2D eigenvalue weighted by Crippen LogP contribution is -2.22. The van der Waals surface area contributed by atoms with Crippen LogP contribution in [0.1, 0.15) is 49.0 Å². The van der Waals surface area contributed by atoms with E-state index in [1.165, 1.54) is 29.3 Å². The zero-order valence-corrected chi connectivity index (χ0v) is 13.3. The van der Waals surface area contributed by atoms with Crippen LogP contribution in [0.5, 0.6) is 0 Å². The van der Waals surface area contributed by atoms with E-state index in [9.17, 15) is 0 Å². The molecule has 20 heavy (non-hydrogen) atoms. The fraction of sp³-hybridized carbons (Fsp3) is 0.875. The highest BCUT2D eigenvalue weighted by Gasteiger charge is 2.66. The highest BCUT2D eigenvalue weighted by atomic mass is 32.1. The zero-order chi connectivity index (χ0) is 13.7. The van der Waals surface area contributed by atoms with E-state index >= 15 is 0 Å². The maximum Gasteiger partial charge on any atom is 0.121 e. The largest absolute Gasteiger partial charge is 0.316 e. The molecule has 4 heteroatoms. The molecule has 4 unspecified atom stereocenters. The van der Waals surface area contributed by atoms with Crippen molar-refractivity contribution in [1.29, 1.82) is 0 Å². The third-order valence-corrected chi connectivity index (χ3v) is 6.66. The molecule has 0 spiro atoms. The van der Waals surface area contributed by atoms with Crippen molar-refractivity contribution in [2.24, 2.45) is 29.6 Å². The number of nitrogens with one attached hydrogen (secondary N) is 1. The number of fused-ring (bicyclic) bond motifs is 5. The summed E-state index contributed by atoms with van der Waals surface area (Å²) in [5.41, 5.74) is 0. The maximum absolute atomic E-state index is 4.51. The molecule has 1 aromatic rings. The van der Waals surface area contributed by atoms with Gasteiger partial charge >= 0.3 is 0 Å². The molecular formula is C16H25N3S. The minimum Gasteiger partial charge on any atom is -0.316 e. The van der Waals surface area contributed by atoms with Gasteiger partial charge in [-0.25, -0.2) is 0 Å². The third kappa shape index (κ3) is 2.21. The second kappa shape index (κ2) is 5.06. The zero-order valence-electron chi connectivity index (χ0n) is 12.5. The molecule has 0 saturated heterocycles. The van der Waals surface area contributed by atoms with E-state index in [0.717, 1.165) is 55.0 Å². The van der Waals surface area contributed by atoms with Gasteiger partial charge in [-0.05, 0) is 55.4 Å². The van der Waals surface area contributed by atoms with Crippen LogP contribution in [0.15, 0.2) is 0 Å². The molecule has 4 atom stereocenters. The van der Waals surface area contributed by atoms with E-state index in [-0.39, 0.29) is 0 Å². The minimum atomic E-state index is 0.723. The highest BCUT2D eigenvalue weighted by molar-refractivity contribution is 7.11. The Bertz CT molecular complexity index is 468. The Hall–Kier alpha value is -0.480. The minimum absolute atomic E-state index is 0.723.